The van der Waals surface area contributed by atoms with Crippen molar-refractivity contribution in [3.63, 3.8) is 0 Å². The summed E-state index contributed by atoms with van der Waals surface area (Å²) in [5.74, 6) is 5.32. The van der Waals surface area contributed by atoms with Crippen LogP contribution in [0.1, 0.15) is 24.0 Å². The lowest BCUT2D eigenvalue weighted by Gasteiger charge is -2.39. The molecule has 4 heteroatoms. The average molecular weight is 247 g/mol. The lowest BCUT2D eigenvalue weighted by Crippen LogP contribution is -2.52. The molecule has 1 aliphatic rings. The second-order valence-corrected chi connectivity index (χ2v) is 5.23. The number of rotatable bonds is 2. The van der Waals surface area contributed by atoms with Gasteiger partial charge >= 0.3 is 0 Å². The first-order valence-corrected chi connectivity index (χ1v) is 6.35. The van der Waals surface area contributed by atoms with Crippen LogP contribution in [0.3, 0.4) is 0 Å². The molecule has 18 heavy (non-hydrogen) atoms. The van der Waals surface area contributed by atoms with E-state index in [1.54, 1.807) is 0 Å². The van der Waals surface area contributed by atoms with Crippen molar-refractivity contribution in [1.29, 1.82) is 0 Å². The van der Waals surface area contributed by atoms with Crippen molar-refractivity contribution >= 4 is 5.91 Å². The van der Waals surface area contributed by atoms with E-state index in [0.29, 0.717) is 0 Å². The van der Waals surface area contributed by atoms with Crippen molar-refractivity contribution in [2.45, 2.75) is 25.2 Å². The summed E-state index contributed by atoms with van der Waals surface area (Å²) in [5, 5.41) is 0. The molecule has 0 saturated carbocycles. The number of benzene rings is 1. The maximum atomic E-state index is 12.3. The first-order chi connectivity index (χ1) is 8.58. The number of nitrogens with two attached hydrogens (primary N) is 1. The maximum Gasteiger partial charge on any atom is 0.244 e. The Labute approximate surface area is 108 Å². The van der Waals surface area contributed by atoms with Gasteiger partial charge in [-0.2, -0.15) is 0 Å². The smallest absolute Gasteiger partial charge is 0.244 e. The molecule has 1 amide bonds. The van der Waals surface area contributed by atoms with Crippen LogP contribution in [-0.4, -0.2) is 30.9 Å². The van der Waals surface area contributed by atoms with Crippen LogP contribution in [-0.2, 0) is 10.2 Å². The number of likely N-dealkylation sites (tertiary alicyclic amines) is 1. The first kappa shape index (κ1) is 13.1. The molecule has 1 heterocycles. The molecular weight excluding hydrogens is 226 g/mol. The fraction of sp³-hybridized carbons (Fsp3) is 0.500. The Morgan fingerprint density at radius 1 is 1.39 bits per heavy atom. The van der Waals surface area contributed by atoms with Crippen molar-refractivity contribution in [2.75, 3.05) is 20.1 Å². The van der Waals surface area contributed by atoms with Gasteiger partial charge in [-0.3, -0.25) is 10.2 Å². The summed E-state index contributed by atoms with van der Waals surface area (Å²) in [5.41, 5.74) is 4.14. The van der Waals surface area contributed by atoms with E-state index in [4.69, 9.17) is 5.84 Å². The predicted octanol–water partition coefficient (Wildman–Crippen LogP) is 0.948. The number of carbonyl (C=O) groups is 1. The van der Waals surface area contributed by atoms with Gasteiger partial charge in [0, 0.05) is 0 Å². The molecule has 98 valence electrons. The van der Waals surface area contributed by atoms with E-state index in [1.165, 1.54) is 5.56 Å². The molecule has 0 radical (unpaired) electrons. The molecule has 0 unspecified atom stereocenters. The average Bonchev–Trinajstić information content (AvgIpc) is 2.39. The Morgan fingerprint density at radius 2 is 2.06 bits per heavy atom. The molecule has 4 nitrogen and oxygen atoms in total. The molecule has 3 N–H and O–H groups in total. The minimum atomic E-state index is -0.465. The van der Waals surface area contributed by atoms with Gasteiger partial charge < -0.3 is 4.90 Å². The summed E-state index contributed by atoms with van der Waals surface area (Å²) in [4.78, 5) is 14.5. The normalized spacial score (nSPS) is 19.5. The van der Waals surface area contributed by atoms with Crippen LogP contribution in [0.2, 0.25) is 0 Å². The highest BCUT2D eigenvalue weighted by molar-refractivity contribution is 5.88. The van der Waals surface area contributed by atoms with E-state index >= 15 is 0 Å². The van der Waals surface area contributed by atoms with E-state index in [0.717, 1.165) is 31.5 Å². The Hall–Kier alpha value is -1.39. The highest BCUT2D eigenvalue weighted by atomic mass is 16.2. The molecule has 1 aromatic rings. The second kappa shape index (κ2) is 5.08. The number of carbonyl (C=O) groups excluding carboxylic acids is 1. The quantitative estimate of drug-likeness (QED) is 0.465. The summed E-state index contributed by atoms with van der Waals surface area (Å²) in [6, 6.07) is 8.19. The molecule has 2 rings (SSSR count). The number of aryl methyl sites for hydroxylation is 1. The molecule has 1 aromatic carbocycles. The van der Waals surface area contributed by atoms with Crippen molar-refractivity contribution in [2.24, 2.45) is 5.84 Å². The predicted molar refractivity (Wildman–Crippen MR) is 71.9 cm³/mol. The van der Waals surface area contributed by atoms with Crippen LogP contribution in [0.15, 0.2) is 24.3 Å². The molecule has 0 aliphatic carbocycles. The number of hydrogen-bond donors (Lipinski definition) is 2. The van der Waals surface area contributed by atoms with Crippen LogP contribution in [0.5, 0.6) is 0 Å². The number of piperidine rings is 1. The van der Waals surface area contributed by atoms with Crippen LogP contribution < -0.4 is 11.3 Å². The zero-order valence-electron chi connectivity index (χ0n) is 11.1. The van der Waals surface area contributed by atoms with Gasteiger partial charge in [0.15, 0.2) is 0 Å². The van der Waals surface area contributed by atoms with Crippen LogP contribution in [0.25, 0.3) is 0 Å². The van der Waals surface area contributed by atoms with Crippen molar-refractivity contribution in [1.82, 2.24) is 10.3 Å². The third-order valence-corrected chi connectivity index (χ3v) is 3.98. The van der Waals surface area contributed by atoms with Crippen molar-refractivity contribution in [3.8, 4) is 0 Å². The largest absolute Gasteiger partial charge is 0.306 e. The zero-order valence-corrected chi connectivity index (χ0v) is 11.1. The molecule has 0 aromatic heterocycles. The van der Waals surface area contributed by atoms with E-state index in [2.05, 4.69) is 23.4 Å². The number of amides is 1. The Morgan fingerprint density at radius 3 is 2.61 bits per heavy atom. The minimum Gasteiger partial charge on any atom is -0.306 e. The zero-order chi connectivity index (χ0) is 13.2. The fourth-order valence-electron chi connectivity index (χ4n) is 2.73. The van der Waals surface area contributed by atoms with Crippen LogP contribution in [0.4, 0.5) is 0 Å². The standard InChI is InChI=1S/C14H21N3O/c1-11-4-3-5-12(10-11)14(13(18)16-15)6-8-17(2)9-7-14/h3-5,10H,6-9,15H2,1-2H3,(H,16,18). The van der Waals surface area contributed by atoms with Gasteiger partial charge in [0.2, 0.25) is 5.91 Å². The van der Waals surface area contributed by atoms with Gasteiger partial charge in [0.25, 0.3) is 0 Å². The number of nitrogens with zero attached hydrogens (tertiary/aromatic N) is 1. The Kier molecular flexibility index (Phi) is 3.68. The monoisotopic (exact) mass is 247 g/mol. The lowest BCUT2D eigenvalue weighted by atomic mass is 9.72. The minimum absolute atomic E-state index is 0.0683. The van der Waals surface area contributed by atoms with E-state index in [1.807, 2.05) is 25.1 Å². The lowest BCUT2D eigenvalue weighted by molar-refractivity contribution is -0.128. The van der Waals surface area contributed by atoms with Crippen LogP contribution in [0, 0.1) is 6.92 Å². The van der Waals surface area contributed by atoms with Crippen molar-refractivity contribution in [3.05, 3.63) is 35.4 Å². The third kappa shape index (κ3) is 2.26. The SMILES string of the molecule is Cc1cccc(C2(C(=O)NN)CCN(C)CC2)c1. The van der Waals surface area contributed by atoms with Gasteiger partial charge in [0.1, 0.15) is 0 Å². The summed E-state index contributed by atoms with van der Waals surface area (Å²) < 4.78 is 0. The summed E-state index contributed by atoms with van der Waals surface area (Å²) >= 11 is 0. The Bertz CT molecular complexity index is 436. The van der Waals surface area contributed by atoms with E-state index in [9.17, 15) is 4.79 Å². The molecule has 1 fully saturated rings. The van der Waals surface area contributed by atoms with E-state index < -0.39 is 5.41 Å². The van der Waals surface area contributed by atoms with Gasteiger partial charge in [0.05, 0.1) is 5.41 Å². The molecule has 1 saturated heterocycles. The Balaban J connectivity index is 2.39. The summed E-state index contributed by atoms with van der Waals surface area (Å²) in [6.07, 6.45) is 1.63. The third-order valence-electron chi connectivity index (χ3n) is 3.98. The summed E-state index contributed by atoms with van der Waals surface area (Å²) in [6.45, 7) is 3.88. The topological polar surface area (TPSA) is 58.4 Å². The molecule has 1 aliphatic heterocycles. The van der Waals surface area contributed by atoms with Gasteiger partial charge in [-0.25, -0.2) is 5.84 Å². The van der Waals surface area contributed by atoms with Crippen molar-refractivity contribution < 1.29 is 4.79 Å². The summed E-state index contributed by atoms with van der Waals surface area (Å²) in [7, 11) is 2.08. The van der Waals surface area contributed by atoms with Gasteiger partial charge in [-0.05, 0) is 45.5 Å². The van der Waals surface area contributed by atoms with Gasteiger partial charge in [-0.1, -0.05) is 29.8 Å². The number of hydrazine groups is 1. The van der Waals surface area contributed by atoms with Gasteiger partial charge in [-0.15, -0.1) is 0 Å². The first-order valence-electron chi connectivity index (χ1n) is 6.35. The number of nitrogens with one attached hydrogen (secondary N) is 1. The number of hydrogen-bond acceptors (Lipinski definition) is 3. The highest BCUT2D eigenvalue weighted by Gasteiger charge is 2.41. The molecular formula is C14H21N3O. The molecule has 0 spiro atoms. The molecule has 0 bridgehead atoms. The fourth-order valence-corrected chi connectivity index (χ4v) is 2.73. The molecule has 0 atom stereocenters. The highest BCUT2D eigenvalue weighted by Crippen LogP contribution is 2.35. The maximum absolute atomic E-state index is 12.3. The van der Waals surface area contributed by atoms with Crippen LogP contribution >= 0.6 is 0 Å². The van der Waals surface area contributed by atoms with E-state index in [-0.39, 0.29) is 5.91 Å². The second-order valence-electron chi connectivity index (χ2n) is 5.23.